The molecule has 4 aromatic carbocycles. The minimum absolute atomic E-state index is 0.0382. The van der Waals surface area contributed by atoms with Gasteiger partial charge in [-0.1, -0.05) is 0 Å². The Morgan fingerprint density at radius 3 is 1.15 bits per heavy atom. The van der Waals surface area contributed by atoms with Crippen molar-refractivity contribution in [1.29, 1.82) is 21.0 Å². The summed E-state index contributed by atoms with van der Waals surface area (Å²) in [6, 6.07) is 12.3. The molecule has 4 aromatic rings. The van der Waals surface area contributed by atoms with Crippen LogP contribution in [0, 0.1) is 68.6 Å². The molecule has 0 amide bonds. The average Bonchev–Trinajstić information content (AvgIpc) is 3.30. The highest BCUT2D eigenvalue weighted by Gasteiger charge is 2.38. The number of allylic oxidation sites excluding steroid dienone is 1. The number of halogens is 10. The van der Waals surface area contributed by atoms with Gasteiger partial charge < -0.3 is 0 Å². The summed E-state index contributed by atoms with van der Waals surface area (Å²) < 4.78 is 138. The first-order valence-electron chi connectivity index (χ1n) is 12.4. The van der Waals surface area contributed by atoms with Gasteiger partial charge in [-0.3, -0.25) is 0 Å². The van der Waals surface area contributed by atoms with E-state index in [-0.39, 0.29) is 62.2 Å². The molecule has 0 radical (unpaired) electrons. The Hall–Kier alpha value is -6.12. The molecule has 0 saturated heterocycles. The molecule has 1 aliphatic carbocycles. The molecule has 5 rings (SSSR count). The molecule has 0 fully saturated rings. The SMILES string of the molecule is N#CC(C#N)=C1c2cc(-c3cc(F)c(F)c(C(F)(F)F)c3)c(C#N)cc2-c2cc(C#N)c(-c3cc(F)c(F)c(C(F)(F)F)c3)cc21. The molecule has 0 aliphatic heterocycles. The highest BCUT2D eigenvalue weighted by molar-refractivity contribution is 6.07. The van der Waals surface area contributed by atoms with Crippen molar-refractivity contribution in [1.82, 2.24) is 0 Å². The summed E-state index contributed by atoms with van der Waals surface area (Å²) >= 11 is 0. The highest BCUT2D eigenvalue weighted by atomic mass is 19.4. The zero-order valence-corrected chi connectivity index (χ0v) is 22.2. The van der Waals surface area contributed by atoms with E-state index in [1.54, 1.807) is 24.3 Å². The van der Waals surface area contributed by atoms with Crippen LogP contribution in [0.25, 0.3) is 39.0 Å². The van der Waals surface area contributed by atoms with Crippen LogP contribution in [0.4, 0.5) is 43.9 Å². The summed E-state index contributed by atoms with van der Waals surface area (Å²) in [4.78, 5) is 0. The fourth-order valence-electron chi connectivity index (χ4n) is 5.17. The fourth-order valence-corrected chi connectivity index (χ4v) is 5.17. The molecule has 0 aromatic heterocycles. The van der Waals surface area contributed by atoms with Gasteiger partial charge in [0.2, 0.25) is 0 Å². The summed E-state index contributed by atoms with van der Waals surface area (Å²) in [6.07, 6.45) is -10.7. The normalized spacial score (nSPS) is 12.0. The molecule has 0 atom stereocenters. The van der Waals surface area contributed by atoms with Crippen molar-refractivity contribution in [2.24, 2.45) is 0 Å². The Labute approximate surface area is 251 Å². The van der Waals surface area contributed by atoms with Crippen molar-refractivity contribution in [3.05, 3.63) is 111 Å². The van der Waals surface area contributed by atoms with Crippen LogP contribution in [-0.4, -0.2) is 0 Å². The number of benzene rings is 4. The van der Waals surface area contributed by atoms with Crippen molar-refractivity contribution >= 4 is 5.57 Å². The van der Waals surface area contributed by atoms with E-state index in [0.29, 0.717) is 12.1 Å². The molecular weight excluding hydrogens is 630 g/mol. The standard InChI is InChI=1S/C32H8F10N4/c33-26-5-13(3-24(29(26)35)31(37,38)39)18-7-22-20(1-15(18)9-43)21-2-16(10-44)19(8-23(21)28(22)17(11-45)12-46)14-4-25(32(40,41)42)30(36)27(34)6-14/h1-8H. The summed E-state index contributed by atoms with van der Waals surface area (Å²) in [5.41, 5.74) is -7.65. The number of nitrogens with zero attached hydrogens (tertiary/aromatic N) is 4. The molecule has 0 spiro atoms. The molecule has 14 heteroatoms. The van der Waals surface area contributed by atoms with Crippen molar-refractivity contribution in [2.45, 2.75) is 12.4 Å². The number of nitriles is 4. The predicted octanol–water partition coefficient (Wildman–Crippen LogP) is 9.19. The monoisotopic (exact) mass is 638 g/mol. The number of alkyl halides is 6. The summed E-state index contributed by atoms with van der Waals surface area (Å²) in [5.74, 6) is -8.17. The molecule has 0 N–H and O–H groups in total. The Balaban J connectivity index is 1.85. The van der Waals surface area contributed by atoms with E-state index in [2.05, 4.69) is 0 Å². The van der Waals surface area contributed by atoms with Gasteiger partial charge in [0, 0.05) is 16.7 Å². The van der Waals surface area contributed by atoms with Crippen molar-refractivity contribution in [2.75, 3.05) is 0 Å². The van der Waals surface area contributed by atoms with Gasteiger partial charge in [0.15, 0.2) is 23.3 Å². The maximum Gasteiger partial charge on any atom is 0.419 e. The molecule has 0 bridgehead atoms. The second kappa shape index (κ2) is 10.8. The lowest BCUT2D eigenvalue weighted by molar-refractivity contribution is -0.141. The quantitative estimate of drug-likeness (QED) is 0.142. The van der Waals surface area contributed by atoms with E-state index in [9.17, 15) is 65.0 Å². The van der Waals surface area contributed by atoms with Crippen molar-refractivity contribution in [3.8, 4) is 57.7 Å². The van der Waals surface area contributed by atoms with Gasteiger partial charge in [-0.05, 0) is 81.9 Å². The third-order valence-corrected chi connectivity index (χ3v) is 7.15. The van der Waals surface area contributed by atoms with E-state index in [4.69, 9.17) is 0 Å². The Bertz CT molecular complexity index is 2060. The number of rotatable bonds is 2. The average molecular weight is 638 g/mol. The first kappa shape index (κ1) is 31.3. The van der Waals surface area contributed by atoms with Gasteiger partial charge in [-0.25, -0.2) is 17.6 Å². The van der Waals surface area contributed by atoms with Crippen LogP contribution in [0.15, 0.2) is 54.1 Å². The predicted molar refractivity (Wildman–Crippen MR) is 139 cm³/mol. The third kappa shape index (κ3) is 4.96. The van der Waals surface area contributed by atoms with Crippen LogP contribution in [-0.2, 0) is 12.4 Å². The Kier molecular flexibility index (Phi) is 7.35. The van der Waals surface area contributed by atoms with E-state index < -0.39 is 63.4 Å². The summed E-state index contributed by atoms with van der Waals surface area (Å²) in [5, 5.41) is 39.2. The smallest absolute Gasteiger partial charge is 0.204 e. The lowest BCUT2D eigenvalue weighted by Crippen LogP contribution is -2.10. The molecule has 0 saturated carbocycles. The van der Waals surface area contributed by atoms with Crippen LogP contribution < -0.4 is 0 Å². The summed E-state index contributed by atoms with van der Waals surface area (Å²) in [6.45, 7) is 0. The lowest BCUT2D eigenvalue weighted by Gasteiger charge is -2.14. The summed E-state index contributed by atoms with van der Waals surface area (Å²) in [7, 11) is 0. The van der Waals surface area contributed by atoms with Gasteiger partial charge in [0.25, 0.3) is 0 Å². The van der Waals surface area contributed by atoms with Gasteiger partial charge in [-0.15, -0.1) is 0 Å². The number of hydrogen-bond donors (Lipinski definition) is 0. The maximum absolute atomic E-state index is 14.3. The van der Waals surface area contributed by atoms with Crippen LogP contribution in [0.2, 0.25) is 0 Å². The first-order chi connectivity index (χ1) is 21.5. The first-order valence-corrected chi connectivity index (χ1v) is 12.4. The minimum atomic E-state index is -5.34. The number of hydrogen-bond acceptors (Lipinski definition) is 4. The number of fused-ring (bicyclic) bond motifs is 3. The maximum atomic E-state index is 14.3. The van der Waals surface area contributed by atoms with E-state index in [1.807, 2.05) is 0 Å². The van der Waals surface area contributed by atoms with Gasteiger partial charge >= 0.3 is 12.4 Å². The molecule has 46 heavy (non-hydrogen) atoms. The Morgan fingerprint density at radius 1 is 0.478 bits per heavy atom. The van der Waals surface area contributed by atoms with Crippen molar-refractivity contribution < 1.29 is 43.9 Å². The van der Waals surface area contributed by atoms with Crippen LogP contribution in [0.3, 0.4) is 0 Å². The van der Waals surface area contributed by atoms with Gasteiger partial charge in [0.05, 0.1) is 34.4 Å². The second-order valence-corrected chi connectivity index (χ2v) is 9.72. The third-order valence-electron chi connectivity index (χ3n) is 7.15. The fraction of sp³-hybridized carbons (Fsp3) is 0.0625. The molecule has 1 aliphatic rings. The van der Waals surface area contributed by atoms with E-state index in [1.165, 1.54) is 0 Å². The van der Waals surface area contributed by atoms with Crippen LogP contribution in [0.5, 0.6) is 0 Å². The van der Waals surface area contributed by atoms with Crippen LogP contribution >= 0.6 is 0 Å². The molecular formula is C32H8F10N4. The minimum Gasteiger partial charge on any atom is -0.204 e. The second-order valence-electron chi connectivity index (χ2n) is 9.72. The largest absolute Gasteiger partial charge is 0.419 e. The zero-order valence-electron chi connectivity index (χ0n) is 22.2. The zero-order chi connectivity index (χ0) is 33.9. The van der Waals surface area contributed by atoms with E-state index in [0.717, 1.165) is 24.3 Å². The van der Waals surface area contributed by atoms with E-state index >= 15 is 0 Å². The molecule has 4 nitrogen and oxygen atoms in total. The topological polar surface area (TPSA) is 95.2 Å². The Morgan fingerprint density at radius 2 is 0.848 bits per heavy atom. The molecule has 226 valence electrons. The highest BCUT2D eigenvalue weighted by Crippen LogP contribution is 2.50. The molecule has 0 unspecified atom stereocenters. The van der Waals surface area contributed by atoms with Gasteiger partial charge in [0.1, 0.15) is 17.7 Å². The lowest BCUT2D eigenvalue weighted by atomic mass is 9.91. The van der Waals surface area contributed by atoms with Crippen LogP contribution in [0.1, 0.15) is 33.4 Å². The van der Waals surface area contributed by atoms with Crippen molar-refractivity contribution in [3.63, 3.8) is 0 Å². The molecule has 0 heterocycles. The van der Waals surface area contributed by atoms with Gasteiger partial charge in [-0.2, -0.15) is 47.4 Å².